The van der Waals surface area contributed by atoms with Crippen LogP contribution in [0, 0.1) is 5.82 Å². The molecule has 0 unspecified atom stereocenters. The third kappa shape index (κ3) is 4.55. The van der Waals surface area contributed by atoms with Crippen LogP contribution in [0.3, 0.4) is 0 Å². The summed E-state index contributed by atoms with van der Waals surface area (Å²) in [6.07, 6.45) is 0. The Hall–Kier alpha value is -2.44. The maximum absolute atomic E-state index is 13.5. The largest absolute Gasteiger partial charge is 0.483 e. The zero-order valence-electron chi connectivity index (χ0n) is 14.3. The van der Waals surface area contributed by atoms with Crippen molar-refractivity contribution >= 4 is 11.6 Å². The average molecular weight is 347 g/mol. The van der Waals surface area contributed by atoms with Crippen LogP contribution in [0.2, 0.25) is 0 Å². The molecule has 25 heavy (non-hydrogen) atoms. The second-order valence-corrected chi connectivity index (χ2v) is 5.85. The van der Waals surface area contributed by atoms with Gasteiger partial charge in [0.2, 0.25) is 0 Å². The molecule has 0 saturated carbocycles. The Bertz CT molecular complexity index is 694. The van der Waals surface area contributed by atoms with Crippen molar-refractivity contribution in [2.75, 3.05) is 11.5 Å². The lowest BCUT2D eigenvalue weighted by atomic mass is 10.1. The predicted molar refractivity (Wildman–Crippen MR) is 92.8 cm³/mol. The molecule has 2 aromatic carbocycles. The Morgan fingerprint density at radius 1 is 1.12 bits per heavy atom. The van der Waals surface area contributed by atoms with Gasteiger partial charge in [0.25, 0.3) is 5.91 Å². The number of rotatable bonds is 7. The molecule has 0 atom stereocenters. The number of carbonyl (C=O) groups is 1. The van der Waals surface area contributed by atoms with E-state index in [1.165, 1.54) is 0 Å². The molecule has 134 valence electrons. The van der Waals surface area contributed by atoms with Gasteiger partial charge in [-0.05, 0) is 38.1 Å². The predicted octanol–water partition coefficient (Wildman–Crippen LogP) is 2.63. The number of ether oxygens (including phenoxy) is 1. The van der Waals surface area contributed by atoms with Gasteiger partial charge in [-0.1, -0.05) is 18.2 Å². The molecular formula is C19H22FNO4. The summed E-state index contributed by atoms with van der Waals surface area (Å²) in [5, 5.41) is 18.8. The molecule has 0 aliphatic carbocycles. The van der Waals surface area contributed by atoms with Gasteiger partial charge in [0, 0.05) is 22.9 Å². The summed E-state index contributed by atoms with van der Waals surface area (Å²) in [5.41, 5.74) is 1.12. The van der Waals surface area contributed by atoms with Crippen LogP contribution in [-0.4, -0.2) is 28.8 Å². The number of anilines is 1. The van der Waals surface area contributed by atoms with Gasteiger partial charge in [0.1, 0.15) is 11.6 Å². The summed E-state index contributed by atoms with van der Waals surface area (Å²) in [6, 6.07) is 11.4. The highest BCUT2D eigenvalue weighted by atomic mass is 19.1. The second kappa shape index (κ2) is 8.60. The Morgan fingerprint density at radius 2 is 1.68 bits per heavy atom. The van der Waals surface area contributed by atoms with Crippen LogP contribution in [0.1, 0.15) is 25.0 Å². The van der Waals surface area contributed by atoms with Gasteiger partial charge in [0.05, 0.1) is 13.2 Å². The number of benzene rings is 2. The lowest BCUT2D eigenvalue weighted by Crippen LogP contribution is -2.40. The fourth-order valence-electron chi connectivity index (χ4n) is 2.65. The second-order valence-electron chi connectivity index (χ2n) is 5.85. The van der Waals surface area contributed by atoms with Crippen molar-refractivity contribution in [3.8, 4) is 5.75 Å². The van der Waals surface area contributed by atoms with Crippen LogP contribution >= 0.6 is 0 Å². The van der Waals surface area contributed by atoms with E-state index < -0.39 is 19.0 Å². The Kier molecular flexibility index (Phi) is 6.50. The Balaban J connectivity index is 2.21. The standard InChI is InChI=1S/C19H22FNO4/c1-13(2)21(17-6-4-3-5-7-17)18(24)12-25-19-14(10-22)8-16(20)9-15(19)11-23/h3-9,13,22-23H,10-12H2,1-2H3. The third-order valence-corrected chi connectivity index (χ3v) is 3.71. The number of carbonyl (C=O) groups excluding carboxylic acids is 1. The average Bonchev–Trinajstić information content (AvgIpc) is 2.60. The molecule has 0 aliphatic heterocycles. The van der Waals surface area contributed by atoms with Crippen molar-refractivity contribution in [3.05, 3.63) is 59.4 Å². The molecule has 0 aromatic heterocycles. The molecule has 0 saturated heterocycles. The molecule has 5 nitrogen and oxygen atoms in total. The minimum atomic E-state index is -0.583. The van der Waals surface area contributed by atoms with E-state index in [2.05, 4.69) is 0 Å². The van der Waals surface area contributed by atoms with Crippen molar-refractivity contribution in [2.24, 2.45) is 0 Å². The molecule has 0 heterocycles. The monoisotopic (exact) mass is 347 g/mol. The van der Waals surface area contributed by atoms with Gasteiger partial charge >= 0.3 is 0 Å². The van der Waals surface area contributed by atoms with E-state index in [1.54, 1.807) is 4.90 Å². The molecule has 2 aromatic rings. The fourth-order valence-corrected chi connectivity index (χ4v) is 2.65. The van der Waals surface area contributed by atoms with E-state index in [0.717, 1.165) is 17.8 Å². The topological polar surface area (TPSA) is 70.0 Å². The lowest BCUT2D eigenvalue weighted by Gasteiger charge is -2.27. The quantitative estimate of drug-likeness (QED) is 0.808. The Labute approximate surface area is 146 Å². The molecule has 6 heteroatoms. The van der Waals surface area contributed by atoms with Crippen LogP contribution in [-0.2, 0) is 18.0 Å². The maximum Gasteiger partial charge on any atom is 0.265 e. The number of aliphatic hydroxyl groups is 2. The van der Waals surface area contributed by atoms with Gasteiger partial charge in [0.15, 0.2) is 6.61 Å². The number of aliphatic hydroxyl groups excluding tert-OH is 2. The lowest BCUT2D eigenvalue weighted by molar-refractivity contribution is -0.121. The summed E-state index contributed by atoms with van der Waals surface area (Å²) in [7, 11) is 0. The first-order valence-corrected chi connectivity index (χ1v) is 8.00. The first kappa shape index (κ1) is 18.9. The van der Waals surface area contributed by atoms with E-state index in [1.807, 2.05) is 44.2 Å². The van der Waals surface area contributed by atoms with Gasteiger partial charge in [-0.25, -0.2) is 4.39 Å². The highest BCUT2D eigenvalue weighted by Gasteiger charge is 2.21. The zero-order valence-corrected chi connectivity index (χ0v) is 14.3. The van der Waals surface area contributed by atoms with Gasteiger partial charge in [-0.2, -0.15) is 0 Å². The molecule has 0 fully saturated rings. The highest BCUT2D eigenvalue weighted by molar-refractivity contribution is 5.94. The van der Waals surface area contributed by atoms with Crippen molar-refractivity contribution in [1.29, 1.82) is 0 Å². The van der Waals surface area contributed by atoms with Crippen molar-refractivity contribution < 1.29 is 24.1 Å². The zero-order chi connectivity index (χ0) is 18.4. The molecule has 2 rings (SSSR count). The molecule has 2 N–H and O–H groups in total. The van der Waals surface area contributed by atoms with E-state index in [0.29, 0.717) is 0 Å². The SMILES string of the molecule is CC(C)N(C(=O)COc1c(CO)cc(F)cc1CO)c1ccccc1. The molecular weight excluding hydrogens is 325 g/mol. The number of nitrogens with zero attached hydrogens (tertiary/aromatic N) is 1. The highest BCUT2D eigenvalue weighted by Crippen LogP contribution is 2.26. The molecule has 1 amide bonds. The van der Waals surface area contributed by atoms with Crippen LogP contribution in [0.4, 0.5) is 10.1 Å². The minimum absolute atomic E-state index is 0.0821. The summed E-state index contributed by atoms with van der Waals surface area (Å²) in [5.74, 6) is -0.727. The summed E-state index contributed by atoms with van der Waals surface area (Å²) in [6.45, 7) is 2.57. The van der Waals surface area contributed by atoms with Crippen LogP contribution in [0.5, 0.6) is 5.75 Å². The van der Waals surface area contributed by atoms with E-state index in [-0.39, 0.29) is 35.4 Å². The number of halogens is 1. The summed E-state index contributed by atoms with van der Waals surface area (Å²) < 4.78 is 19.0. The smallest absolute Gasteiger partial charge is 0.265 e. The summed E-state index contributed by atoms with van der Waals surface area (Å²) >= 11 is 0. The first-order chi connectivity index (χ1) is 12.0. The van der Waals surface area contributed by atoms with E-state index in [4.69, 9.17) is 4.74 Å². The first-order valence-electron chi connectivity index (χ1n) is 8.00. The number of amides is 1. The number of hydrogen-bond acceptors (Lipinski definition) is 4. The van der Waals surface area contributed by atoms with Crippen LogP contribution in [0.15, 0.2) is 42.5 Å². The van der Waals surface area contributed by atoms with Gasteiger partial charge in [-0.15, -0.1) is 0 Å². The molecule has 0 aliphatic rings. The van der Waals surface area contributed by atoms with Crippen molar-refractivity contribution in [2.45, 2.75) is 33.1 Å². The third-order valence-electron chi connectivity index (χ3n) is 3.71. The van der Waals surface area contributed by atoms with Gasteiger partial charge < -0.3 is 19.8 Å². The van der Waals surface area contributed by atoms with Crippen LogP contribution < -0.4 is 9.64 Å². The van der Waals surface area contributed by atoms with Crippen LogP contribution in [0.25, 0.3) is 0 Å². The number of hydrogen-bond donors (Lipinski definition) is 2. The van der Waals surface area contributed by atoms with Crippen molar-refractivity contribution in [1.82, 2.24) is 0 Å². The normalized spacial score (nSPS) is 10.8. The van der Waals surface area contributed by atoms with Crippen molar-refractivity contribution in [3.63, 3.8) is 0 Å². The summed E-state index contributed by atoms with van der Waals surface area (Å²) in [4.78, 5) is 14.2. The number of para-hydroxylation sites is 1. The maximum atomic E-state index is 13.5. The Morgan fingerprint density at radius 3 is 2.16 bits per heavy atom. The molecule has 0 radical (unpaired) electrons. The fraction of sp³-hybridized carbons (Fsp3) is 0.316. The molecule has 0 spiro atoms. The van der Waals surface area contributed by atoms with Gasteiger partial charge in [-0.3, -0.25) is 4.79 Å². The molecule has 0 bridgehead atoms. The van der Waals surface area contributed by atoms with E-state index >= 15 is 0 Å². The minimum Gasteiger partial charge on any atom is -0.483 e. The van der Waals surface area contributed by atoms with E-state index in [9.17, 15) is 19.4 Å².